The summed E-state index contributed by atoms with van der Waals surface area (Å²) in [7, 11) is -3.72. The van der Waals surface area contributed by atoms with E-state index in [-0.39, 0.29) is 24.0 Å². The molecule has 4 heterocycles. The van der Waals surface area contributed by atoms with Gasteiger partial charge in [0.25, 0.3) is 15.9 Å². The second-order valence-corrected chi connectivity index (χ2v) is 10.5. The number of hydrogen-bond acceptors (Lipinski definition) is 6. The monoisotopic (exact) mass is 465 g/mol. The molecule has 1 aliphatic rings. The number of piperazine rings is 1. The van der Waals surface area contributed by atoms with Crippen LogP contribution >= 0.6 is 11.3 Å². The molecule has 10 heteroatoms. The van der Waals surface area contributed by atoms with Crippen molar-refractivity contribution in [3.8, 4) is 12.3 Å². The second kappa shape index (κ2) is 7.70. The van der Waals surface area contributed by atoms with Gasteiger partial charge in [0.2, 0.25) is 0 Å². The minimum absolute atomic E-state index is 0.121. The standard InChI is InChI=1S/C22H19N5O3S2/c1-3-15-4-5-17-16(11-15)12-20(24-17)32(29,30)27-8-6-26(7-9-27)22(28)21-25-18-10-14(2)23-13-19(18)31-21/h1,4-5,10-13,24H,6-9H2,2H3. The van der Waals surface area contributed by atoms with E-state index < -0.39 is 10.0 Å². The first-order chi connectivity index (χ1) is 15.3. The predicted octanol–water partition coefficient (Wildman–Crippen LogP) is 2.61. The van der Waals surface area contributed by atoms with Crippen LogP contribution in [-0.2, 0) is 10.0 Å². The summed E-state index contributed by atoms with van der Waals surface area (Å²) in [5.74, 6) is 2.36. The number of nitrogens with zero attached hydrogens (tertiary/aromatic N) is 4. The topological polar surface area (TPSA) is 99.3 Å². The molecular weight excluding hydrogens is 446 g/mol. The number of aromatic amines is 1. The Labute approximate surface area is 188 Å². The minimum atomic E-state index is -3.72. The van der Waals surface area contributed by atoms with Gasteiger partial charge in [-0.3, -0.25) is 9.78 Å². The molecule has 1 aromatic carbocycles. The molecule has 4 aromatic rings. The maximum absolute atomic E-state index is 13.1. The minimum Gasteiger partial charge on any atom is -0.345 e. The third-order valence-electron chi connectivity index (χ3n) is 5.50. The Bertz CT molecular complexity index is 1510. The highest BCUT2D eigenvalue weighted by Crippen LogP contribution is 2.25. The van der Waals surface area contributed by atoms with Gasteiger partial charge in [-0.25, -0.2) is 13.4 Å². The number of nitrogens with one attached hydrogen (secondary N) is 1. The lowest BCUT2D eigenvalue weighted by Crippen LogP contribution is -2.50. The third-order valence-corrected chi connectivity index (χ3v) is 8.32. The predicted molar refractivity (Wildman–Crippen MR) is 123 cm³/mol. The van der Waals surface area contributed by atoms with E-state index >= 15 is 0 Å². The van der Waals surface area contributed by atoms with Crippen molar-refractivity contribution in [1.29, 1.82) is 0 Å². The first kappa shape index (κ1) is 20.6. The lowest BCUT2D eigenvalue weighted by Gasteiger charge is -2.33. The number of thiazole rings is 1. The molecule has 1 aliphatic heterocycles. The van der Waals surface area contributed by atoms with E-state index in [2.05, 4.69) is 20.9 Å². The molecule has 32 heavy (non-hydrogen) atoms. The Hall–Kier alpha value is -3.26. The highest BCUT2D eigenvalue weighted by atomic mass is 32.2. The smallest absolute Gasteiger partial charge is 0.282 e. The maximum Gasteiger partial charge on any atom is 0.282 e. The largest absolute Gasteiger partial charge is 0.345 e. The van der Waals surface area contributed by atoms with Crippen LogP contribution in [0.5, 0.6) is 0 Å². The molecule has 0 spiro atoms. The van der Waals surface area contributed by atoms with Crippen molar-refractivity contribution < 1.29 is 13.2 Å². The summed E-state index contributed by atoms with van der Waals surface area (Å²) in [6.45, 7) is 2.90. The number of aryl methyl sites for hydroxylation is 1. The van der Waals surface area contributed by atoms with Crippen molar-refractivity contribution in [2.75, 3.05) is 26.2 Å². The Morgan fingerprint density at radius 3 is 2.72 bits per heavy atom. The van der Waals surface area contributed by atoms with Crippen molar-refractivity contribution in [3.63, 3.8) is 0 Å². The zero-order valence-corrected chi connectivity index (χ0v) is 18.8. The molecule has 0 atom stereocenters. The summed E-state index contributed by atoms with van der Waals surface area (Å²) in [4.78, 5) is 26.2. The van der Waals surface area contributed by atoms with E-state index in [9.17, 15) is 13.2 Å². The van der Waals surface area contributed by atoms with E-state index in [4.69, 9.17) is 6.42 Å². The van der Waals surface area contributed by atoms with Crippen molar-refractivity contribution in [2.45, 2.75) is 11.9 Å². The van der Waals surface area contributed by atoms with Crippen LogP contribution in [-0.4, -0.2) is 64.7 Å². The van der Waals surface area contributed by atoms with Gasteiger partial charge in [-0.2, -0.15) is 4.31 Å². The lowest BCUT2D eigenvalue weighted by atomic mass is 10.2. The highest BCUT2D eigenvalue weighted by Gasteiger charge is 2.32. The van der Waals surface area contributed by atoms with Gasteiger partial charge < -0.3 is 9.88 Å². The van der Waals surface area contributed by atoms with Gasteiger partial charge in [0.15, 0.2) is 5.01 Å². The maximum atomic E-state index is 13.1. The summed E-state index contributed by atoms with van der Waals surface area (Å²) in [5, 5.41) is 1.26. The number of H-pyrrole nitrogens is 1. The van der Waals surface area contributed by atoms with Gasteiger partial charge in [-0.05, 0) is 37.3 Å². The second-order valence-electron chi connectivity index (χ2n) is 7.59. The van der Waals surface area contributed by atoms with Gasteiger partial charge >= 0.3 is 0 Å². The molecule has 1 saturated heterocycles. The van der Waals surface area contributed by atoms with Gasteiger partial charge in [-0.1, -0.05) is 5.92 Å². The number of benzene rings is 1. The molecule has 3 aromatic heterocycles. The summed E-state index contributed by atoms with van der Waals surface area (Å²) in [6, 6.07) is 8.75. The molecular formula is C22H19N5O3S2. The molecule has 5 rings (SSSR count). The van der Waals surface area contributed by atoms with Gasteiger partial charge in [0.05, 0.1) is 10.2 Å². The Balaban J connectivity index is 1.32. The first-order valence-corrected chi connectivity index (χ1v) is 12.2. The van der Waals surface area contributed by atoms with Gasteiger partial charge in [0, 0.05) is 54.5 Å². The molecule has 1 amide bonds. The van der Waals surface area contributed by atoms with Crippen molar-refractivity contribution in [3.05, 3.63) is 52.8 Å². The van der Waals surface area contributed by atoms with Crippen molar-refractivity contribution >= 4 is 48.4 Å². The molecule has 0 bridgehead atoms. The zero-order chi connectivity index (χ0) is 22.5. The summed E-state index contributed by atoms with van der Waals surface area (Å²) < 4.78 is 28.5. The molecule has 0 unspecified atom stereocenters. The van der Waals surface area contributed by atoms with Crippen LogP contribution in [0.3, 0.4) is 0 Å². The number of pyridine rings is 1. The van der Waals surface area contributed by atoms with Crippen LogP contribution < -0.4 is 0 Å². The van der Waals surface area contributed by atoms with Crippen LogP contribution in [0.2, 0.25) is 0 Å². The fraction of sp³-hybridized carbons (Fsp3) is 0.227. The van der Waals surface area contributed by atoms with Gasteiger partial charge in [0.1, 0.15) is 5.03 Å². The number of carbonyl (C=O) groups is 1. The van der Waals surface area contributed by atoms with Crippen LogP contribution in [0.4, 0.5) is 0 Å². The van der Waals surface area contributed by atoms with E-state index in [1.54, 1.807) is 35.4 Å². The molecule has 8 nitrogen and oxygen atoms in total. The summed E-state index contributed by atoms with van der Waals surface area (Å²) >= 11 is 1.30. The fourth-order valence-corrected chi connectivity index (χ4v) is 6.09. The zero-order valence-electron chi connectivity index (χ0n) is 17.2. The van der Waals surface area contributed by atoms with Crippen LogP contribution in [0.25, 0.3) is 21.1 Å². The number of amides is 1. The highest BCUT2D eigenvalue weighted by molar-refractivity contribution is 7.89. The number of carbonyl (C=O) groups excluding carboxylic acids is 1. The van der Waals surface area contributed by atoms with E-state index in [0.717, 1.165) is 21.3 Å². The lowest BCUT2D eigenvalue weighted by molar-refractivity contribution is 0.0697. The number of rotatable bonds is 3. The molecule has 1 N–H and O–H groups in total. The molecule has 0 radical (unpaired) electrons. The molecule has 162 valence electrons. The SMILES string of the molecule is C#Cc1ccc2[nH]c(S(=O)(=O)N3CCN(C(=O)c4nc5cc(C)ncc5s4)CC3)cc2c1. The van der Waals surface area contributed by atoms with Crippen LogP contribution in [0.15, 0.2) is 41.6 Å². The average molecular weight is 466 g/mol. The quantitative estimate of drug-likeness (QED) is 0.469. The summed E-state index contributed by atoms with van der Waals surface area (Å²) in [6.07, 6.45) is 7.15. The number of fused-ring (bicyclic) bond motifs is 2. The van der Waals surface area contributed by atoms with Crippen molar-refractivity contribution in [2.24, 2.45) is 0 Å². The number of terminal acetylenes is 1. The number of aromatic nitrogens is 3. The summed E-state index contributed by atoms with van der Waals surface area (Å²) in [5.41, 5.74) is 2.98. The Kier molecular flexibility index (Phi) is 4.97. The normalized spacial score (nSPS) is 15.3. The first-order valence-electron chi connectivity index (χ1n) is 9.97. The van der Waals surface area contributed by atoms with E-state index in [1.807, 2.05) is 13.0 Å². The molecule has 1 fully saturated rings. The average Bonchev–Trinajstić information content (AvgIpc) is 3.42. The molecule has 0 aliphatic carbocycles. The Morgan fingerprint density at radius 1 is 1.19 bits per heavy atom. The molecule has 0 saturated carbocycles. The Morgan fingerprint density at radius 2 is 1.97 bits per heavy atom. The fourth-order valence-electron chi connectivity index (χ4n) is 3.77. The van der Waals surface area contributed by atoms with Crippen LogP contribution in [0, 0.1) is 19.3 Å². The van der Waals surface area contributed by atoms with Gasteiger partial charge in [-0.15, -0.1) is 17.8 Å². The number of sulfonamides is 1. The number of hydrogen-bond donors (Lipinski definition) is 1. The van der Waals surface area contributed by atoms with E-state index in [0.29, 0.717) is 29.2 Å². The van der Waals surface area contributed by atoms with Crippen LogP contribution in [0.1, 0.15) is 21.1 Å². The van der Waals surface area contributed by atoms with Crippen molar-refractivity contribution in [1.82, 2.24) is 24.2 Å². The third kappa shape index (κ3) is 3.54. The van der Waals surface area contributed by atoms with E-state index in [1.165, 1.54) is 15.6 Å².